The topological polar surface area (TPSA) is 72.3 Å². The summed E-state index contributed by atoms with van der Waals surface area (Å²) in [6.07, 6.45) is 0. The van der Waals surface area contributed by atoms with Gasteiger partial charge in [0.05, 0.1) is 5.75 Å². The summed E-state index contributed by atoms with van der Waals surface area (Å²) in [7, 11) is 5.57. The molecule has 0 aliphatic rings. The monoisotopic (exact) mass is 397 g/mol. The lowest BCUT2D eigenvalue weighted by atomic mass is 10.2. The van der Waals surface area contributed by atoms with Gasteiger partial charge in [-0.05, 0) is 36.4 Å². The molecule has 1 aromatic heterocycles. The molecule has 0 saturated heterocycles. The number of amides is 1. The quantitative estimate of drug-likeness (QED) is 0.589. The van der Waals surface area contributed by atoms with Crippen LogP contribution in [0.2, 0.25) is 0 Å². The third-order valence-electron chi connectivity index (χ3n) is 3.99. The standard InChI is InChI=1S/C20H23N5O2S/c1-24(2)16-11-9-15(10-12-16)21-19(26)14-28-20-23-22-18(13-27-3)25(20)17-7-5-4-6-8-17/h4-12H,13-14H2,1-3H3,(H,21,26). The Balaban J connectivity index is 1.68. The van der Waals surface area contributed by atoms with Crippen LogP contribution in [0.3, 0.4) is 0 Å². The molecule has 2 aromatic carbocycles. The van der Waals surface area contributed by atoms with Gasteiger partial charge in [-0.2, -0.15) is 0 Å². The fraction of sp³-hybridized carbons (Fsp3) is 0.250. The first-order chi connectivity index (χ1) is 13.6. The minimum atomic E-state index is -0.0986. The predicted molar refractivity (Wildman–Crippen MR) is 112 cm³/mol. The maximum Gasteiger partial charge on any atom is 0.234 e. The van der Waals surface area contributed by atoms with Crippen molar-refractivity contribution in [1.29, 1.82) is 0 Å². The van der Waals surface area contributed by atoms with Gasteiger partial charge in [0, 0.05) is 38.3 Å². The van der Waals surface area contributed by atoms with Crippen LogP contribution in [0.15, 0.2) is 59.8 Å². The number of thioether (sulfide) groups is 1. The van der Waals surface area contributed by atoms with Gasteiger partial charge in [-0.25, -0.2) is 0 Å². The highest BCUT2D eigenvalue weighted by atomic mass is 32.2. The highest BCUT2D eigenvalue weighted by molar-refractivity contribution is 7.99. The zero-order valence-electron chi connectivity index (χ0n) is 16.1. The van der Waals surface area contributed by atoms with E-state index >= 15 is 0 Å². The number of nitrogens with one attached hydrogen (secondary N) is 1. The van der Waals surface area contributed by atoms with Crippen molar-refractivity contribution in [3.63, 3.8) is 0 Å². The largest absolute Gasteiger partial charge is 0.378 e. The average molecular weight is 398 g/mol. The van der Waals surface area contributed by atoms with Crippen LogP contribution >= 0.6 is 11.8 Å². The number of carbonyl (C=O) groups is 1. The Bertz CT molecular complexity index is 910. The van der Waals surface area contributed by atoms with E-state index in [-0.39, 0.29) is 11.7 Å². The molecule has 0 radical (unpaired) electrons. The molecule has 146 valence electrons. The third kappa shape index (κ3) is 4.90. The molecular weight excluding hydrogens is 374 g/mol. The van der Waals surface area contributed by atoms with Crippen LogP contribution in [0.1, 0.15) is 5.82 Å². The summed E-state index contributed by atoms with van der Waals surface area (Å²) in [6, 6.07) is 17.5. The van der Waals surface area contributed by atoms with Crippen molar-refractivity contribution < 1.29 is 9.53 Å². The number of para-hydroxylation sites is 1. The van der Waals surface area contributed by atoms with E-state index in [0.29, 0.717) is 17.6 Å². The first kappa shape index (κ1) is 19.9. The average Bonchev–Trinajstić information content (AvgIpc) is 3.10. The van der Waals surface area contributed by atoms with E-state index in [1.165, 1.54) is 11.8 Å². The molecule has 1 heterocycles. The zero-order valence-corrected chi connectivity index (χ0v) is 16.9. The molecular formula is C20H23N5O2S. The Kier molecular flexibility index (Phi) is 6.67. The SMILES string of the molecule is COCc1nnc(SCC(=O)Nc2ccc(N(C)C)cc2)n1-c1ccccc1. The van der Waals surface area contributed by atoms with Crippen LogP contribution in [0, 0.1) is 0 Å². The Morgan fingerprint density at radius 2 is 1.82 bits per heavy atom. The second-order valence-electron chi connectivity index (χ2n) is 6.28. The maximum atomic E-state index is 12.4. The molecule has 0 aliphatic heterocycles. The Morgan fingerprint density at radius 1 is 1.11 bits per heavy atom. The fourth-order valence-corrected chi connectivity index (χ4v) is 3.39. The van der Waals surface area contributed by atoms with Crippen LogP contribution in [-0.2, 0) is 16.1 Å². The van der Waals surface area contributed by atoms with Gasteiger partial charge in [0.1, 0.15) is 6.61 Å². The molecule has 0 atom stereocenters. The Labute approximate surface area is 168 Å². The number of methoxy groups -OCH3 is 1. The van der Waals surface area contributed by atoms with Gasteiger partial charge >= 0.3 is 0 Å². The molecule has 0 aliphatic carbocycles. The van der Waals surface area contributed by atoms with Crippen molar-refractivity contribution in [2.24, 2.45) is 0 Å². The lowest BCUT2D eigenvalue weighted by Crippen LogP contribution is -2.15. The van der Waals surface area contributed by atoms with Crippen molar-refractivity contribution in [2.45, 2.75) is 11.8 Å². The lowest BCUT2D eigenvalue weighted by Gasteiger charge is -2.13. The first-order valence-corrected chi connectivity index (χ1v) is 9.75. The minimum Gasteiger partial charge on any atom is -0.378 e. The molecule has 0 spiro atoms. The highest BCUT2D eigenvalue weighted by Crippen LogP contribution is 2.23. The number of rotatable bonds is 8. The van der Waals surface area contributed by atoms with Gasteiger partial charge < -0.3 is 15.0 Å². The van der Waals surface area contributed by atoms with Crippen molar-refractivity contribution in [1.82, 2.24) is 14.8 Å². The van der Waals surface area contributed by atoms with E-state index in [1.54, 1.807) is 7.11 Å². The molecule has 0 saturated carbocycles. The molecule has 28 heavy (non-hydrogen) atoms. The number of aromatic nitrogens is 3. The number of anilines is 2. The van der Waals surface area contributed by atoms with E-state index in [0.717, 1.165) is 17.1 Å². The summed E-state index contributed by atoms with van der Waals surface area (Å²) >= 11 is 1.34. The van der Waals surface area contributed by atoms with Crippen LogP contribution in [0.5, 0.6) is 0 Å². The van der Waals surface area contributed by atoms with Crippen molar-refractivity contribution in [3.8, 4) is 5.69 Å². The molecule has 1 amide bonds. The summed E-state index contributed by atoms with van der Waals surface area (Å²) in [5.74, 6) is 0.822. The Morgan fingerprint density at radius 3 is 2.46 bits per heavy atom. The summed E-state index contributed by atoms with van der Waals surface area (Å²) in [4.78, 5) is 14.4. The number of carbonyl (C=O) groups excluding carboxylic acids is 1. The fourth-order valence-electron chi connectivity index (χ4n) is 2.62. The van der Waals surface area contributed by atoms with Gasteiger partial charge in [0.2, 0.25) is 5.91 Å². The molecule has 0 fully saturated rings. The predicted octanol–water partition coefficient (Wildman–Crippen LogP) is 3.21. The molecule has 0 unspecified atom stereocenters. The van der Waals surface area contributed by atoms with Crippen molar-refractivity contribution >= 4 is 29.0 Å². The van der Waals surface area contributed by atoms with Gasteiger partial charge in [-0.3, -0.25) is 9.36 Å². The molecule has 3 rings (SSSR count). The van der Waals surface area contributed by atoms with Gasteiger partial charge in [0.25, 0.3) is 0 Å². The summed E-state index contributed by atoms with van der Waals surface area (Å²) in [5.41, 5.74) is 2.77. The highest BCUT2D eigenvalue weighted by Gasteiger charge is 2.15. The summed E-state index contributed by atoms with van der Waals surface area (Å²) in [6.45, 7) is 0.340. The van der Waals surface area contributed by atoms with E-state index in [4.69, 9.17) is 4.74 Å². The summed E-state index contributed by atoms with van der Waals surface area (Å²) in [5, 5.41) is 12.0. The smallest absolute Gasteiger partial charge is 0.234 e. The van der Waals surface area contributed by atoms with Crippen molar-refractivity contribution in [3.05, 3.63) is 60.4 Å². The van der Waals surface area contributed by atoms with E-state index in [1.807, 2.05) is 78.2 Å². The number of hydrogen-bond donors (Lipinski definition) is 1. The van der Waals surface area contributed by atoms with E-state index < -0.39 is 0 Å². The summed E-state index contributed by atoms with van der Waals surface area (Å²) < 4.78 is 7.13. The van der Waals surface area contributed by atoms with E-state index in [2.05, 4.69) is 15.5 Å². The lowest BCUT2D eigenvalue weighted by molar-refractivity contribution is -0.113. The second kappa shape index (κ2) is 9.38. The molecule has 3 aromatic rings. The van der Waals surface area contributed by atoms with Crippen LogP contribution in [0.25, 0.3) is 5.69 Å². The van der Waals surface area contributed by atoms with Gasteiger partial charge in [-0.15, -0.1) is 10.2 Å². The minimum absolute atomic E-state index is 0.0986. The van der Waals surface area contributed by atoms with Gasteiger partial charge in [-0.1, -0.05) is 30.0 Å². The number of hydrogen-bond acceptors (Lipinski definition) is 6. The second-order valence-corrected chi connectivity index (χ2v) is 7.22. The number of ether oxygens (including phenoxy) is 1. The number of nitrogens with zero attached hydrogens (tertiary/aromatic N) is 4. The zero-order chi connectivity index (χ0) is 19.9. The molecule has 7 nitrogen and oxygen atoms in total. The van der Waals surface area contributed by atoms with Crippen molar-refractivity contribution in [2.75, 3.05) is 37.2 Å². The van der Waals surface area contributed by atoms with Crippen LogP contribution in [-0.4, -0.2) is 47.6 Å². The number of benzene rings is 2. The maximum absolute atomic E-state index is 12.4. The van der Waals surface area contributed by atoms with Crippen LogP contribution < -0.4 is 10.2 Å². The first-order valence-electron chi connectivity index (χ1n) is 8.77. The molecule has 0 bridgehead atoms. The van der Waals surface area contributed by atoms with E-state index in [9.17, 15) is 4.79 Å². The normalized spacial score (nSPS) is 10.7. The van der Waals surface area contributed by atoms with Gasteiger partial charge in [0.15, 0.2) is 11.0 Å². The molecule has 8 heteroatoms. The Hall–Kier alpha value is -2.84. The van der Waals surface area contributed by atoms with Crippen LogP contribution in [0.4, 0.5) is 11.4 Å². The third-order valence-corrected chi connectivity index (χ3v) is 4.92. The molecule has 1 N–H and O–H groups in total.